The summed E-state index contributed by atoms with van der Waals surface area (Å²) in [4.78, 5) is 6.82. The predicted octanol–water partition coefficient (Wildman–Crippen LogP) is 1.15. The van der Waals surface area contributed by atoms with Crippen molar-refractivity contribution in [3.63, 3.8) is 0 Å². The van der Waals surface area contributed by atoms with Gasteiger partial charge in [-0.25, -0.2) is 5.84 Å². The highest BCUT2D eigenvalue weighted by Crippen LogP contribution is 2.32. The molecule has 0 spiro atoms. The summed E-state index contributed by atoms with van der Waals surface area (Å²) in [6, 6.07) is 3.07. The van der Waals surface area contributed by atoms with Gasteiger partial charge in [0.1, 0.15) is 17.3 Å². The quantitative estimate of drug-likeness (QED) is 0.204. The minimum Gasteiger partial charge on any atom is -0.508 e. The summed E-state index contributed by atoms with van der Waals surface area (Å²) < 4.78 is 5.33. The van der Waals surface area contributed by atoms with Crippen molar-refractivity contribution < 1.29 is 14.9 Å². The summed E-state index contributed by atoms with van der Waals surface area (Å²) in [6.45, 7) is 9.02. The normalized spacial score (nSPS) is 16.6. The number of aromatic hydroxyl groups is 2. The Balaban J connectivity index is 2.02. The molecule has 0 atom stereocenters. The van der Waals surface area contributed by atoms with E-state index in [-0.39, 0.29) is 17.4 Å². The van der Waals surface area contributed by atoms with E-state index in [2.05, 4.69) is 15.3 Å². The lowest BCUT2D eigenvalue weighted by Crippen LogP contribution is -2.37. The second-order valence-corrected chi connectivity index (χ2v) is 6.27. The number of morpholine rings is 1. The van der Waals surface area contributed by atoms with Crippen molar-refractivity contribution in [2.24, 2.45) is 10.8 Å². The zero-order valence-corrected chi connectivity index (χ0v) is 14.5. The number of nitrogens with two attached hydrogens (primary N) is 1. The molecule has 1 aliphatic rings. The number of hydrogen-bond acceptors (Lipinski definition) is 6. The topological polar surface area (TPSA) is 103 Å². The van der Waals surface area contributed by atoms with E-state index in [9.17, 15) is 10.2 Å². The number of nitrogens with one attached hydrogen (secondary N) is 1. The molecule has 0 radical (unpaired) electrons. The molecule has 134 valence electrons. The molecule has 1 aromatic carbocycles. The third-order valence-electron chi connectivity index (χ3n) is 4.16. The van der Waals surface area contributed by atoms with E-state index in [1.165, 1.54) is 6.07 Å². The van der Waals surface area contributed by atoms with Gasteiger partial charge < -0.3 is 20.4 Å². The van der Waals surface area contributed by atoms with E-state index in [0.717, 1.165) is 44.8 Å². The standard InChI is InChI=1S/C17H28N4O3/c1-12(2)13-10-14(16(23)11-15(13)22)17(20-18)19-4-3-5-21-6-8-24-9-7-21/h10-12,22-23H,3-9,18H2,1-2H3,(H,19,20). The third-order valence-corrected chi connectivity index (χ3v) is 4.16. The van der Waals surface area contributed by atoms with Crippen LogP contribution in [0.1, 0.15) is 37.3 Å². The first-order valence-electron chi connectivity index (χ1n) is 8.40. The lowest BCUT2D eigenvalue weighted by Gasteiger charge is -2.26. The summed E-state index contributed by atoms with van der Waals surface area (Å²) in [6.07, 6.45) is 0.904. The van der Waals surface area contributed by atoms with Crippen LogP contribution < -0.4 is 11.3 Å². The van der Waals surface area contributed by atoms with Crippen LogP contribution in [-0.4, -0.2) is 60.3 Å². The van der Waals surface area contributed by atoms with Crippen LogP contribution in [0.2, 0.25) is 0 Å². The molecule has 0 amide bonds. The fourth-order valence-electron chi connectivity index (χ4n) is 2.76. The van der Waals surface area contributed by atoms with Crippen LogP contribution in [0.4, 0.5) is 0 Å². The number of amidine groups is 1. The zero-order chi connectivity index (χ0) is 17.5. The van der Waals surface area contributed by atoms with Crippen molar-refractivity contribution in [3.05, 3.63) is 23.3 Å². The fraction of sp³-hybridized carbons (Fsp3) is 0.588. The molecule has 0 aliphatic carbocycles. The summed E-state index contributed by atoms with van der Waals surface area (Å²) in [5.74, 6) is 6.18. The monoisotopic (exact) mass is 336 g/mol. The molecular weight excluding hydrogens is 308 g/mol. The number of rotatable bonds is 6. The van der Waals surface area contributed by atoms with Gasteiger partial charge in [0.2, 0.25) is 0 Å². The average molecular weight is 336 g/mol. The maximum atomic E-state index is 10.1. The number of phenolic OH excluding ortho intramolecular Hbond substituents is 2. The largest absolute Gasteiger partial charge is 0.508 e. The molecule has 2 rings (SSSR count). The van der Waals surface area contributed by atoms with Crippen molar-refractivity contribution in [3.8, 4) is 11.5 Å². The summed E-state index contributed by atoms with van der Waals surface area (Å²) in [7, 11) is 0. The molecule has 24 heavy (non-hydrogen) atoms. The number of phenols is 2. The van der Waals surface area contributed by atoms with Gasteiger partial charge in [-0.05, 0) is 24.0 Å². The Kier molecular flexibility index (Phi) is 6.84. The second-order valence-electron chi connectivity index (χ2n) is 6.27. The minimum absolute atomic E-state index is 0.0400. The number of nitrogens with zero attached hydrogens (tertiary/aromatic N) is 2. The molecule has 0 aromatic heterocycles. The van der Waals surface area contributed by atoms with Gasteiger partial charge in [-0.3, -0.25) is 9.89 Å². The maximum Gasteiger partial charge on any atom is 0.146 e. The van der Waals surface area contributed by atoms with Gasteiger partial charge in [0.05, 0.1) is 18.8 Å². The maximum absolute atomic E-state index is 10.1. The van der Waals surface area contributed by atoms with E-state index >= 15 is 0 Å². The van der Waals surface area contributed by atoms with Crippen LogP contribution >= 0.6 is 0 Å². The smallest absolute Gasteiger partial charge is 0.146 e. The number of benzene rings is 1. The molecule has 1 aromatic rings. The highest BCUT2D eigenvalue weighted by Gasteiger charge is 2.15. The Labute approximate surface area is 143 Å². The molecule has 1 saturated heterocycles. The van der Waals surface area contributed by atoms with Crippen molar-refractivity contribution in [1.82, 2.24) is 10.3 Å². The zero-order valence-electron chi connectivity index (χ0n) is 14.5. The highest BCUT2D eigenvalue weighted by atomic mass is 16.5. The average Bonchev–Trinajstić information content (AvgIpc) is 2.56. The first-order chi connectivity index (χ1) is 11.5. The van der Waals surface area contributed by atoms with Gasteiger partial charge in [-0.2, -0.15) is 0 Å². The van der Waals surface area contributed by atoms with E-state index in [1.54, 1.807) is 6.07 Å². The van der Waals surface area contributed by atoms with Crippen LogP contribution in [0.15, 0.2) is 17.1 Å². The van der Waals surface area contributed by atoms with Gasteiger partial charge in [-0.15, -0.1) is 0 Å². The van der Waals surface area contributed by atoms with Crippen molar-refractivity contribution in [2.45, 2.75) is 26.2 Å². The minimum atomic E-state index is -0.0400. The first-order valence-corrected chi connectivity index (χ1v) is 8.40. The molecule has 1 heterocycles. The van der Waals surface area contributed by atoms with E-state index < -0.39 is 0 Å². The van der Waals surface area contributed by atoms with Crippen LogP contribution in [0, 0.1) is 0 Å². The fourth-order valence-corrected chi connectivity index (χ4v) is 2.76. The summed E-state index contributed by atoms with van der Waals surface area (Å²) in [5, 5.41) is 20.0. The van der Waals surface area contributed by atoms with Crippen LogP contribution in [0.5, 0.6) is 11.5 Å². The lowest BCUT2D eigenvalue weighted by atomic mass is 9.98. The molecule has 1 fully saturated rings. The molecule has 0 unspecified atom stereocenters. The third kappa shape index (κ3) is 4.83. The second kappa shape index (κ2) is 8.86. The molecule has 5 N–H and O–H groups in total. The Bertz CT molecular complexity index is 569. The number of aliphatic imine (C=N–C) groups is 1. The van der Waals surface area contributed by atoms with E-state index in [4.69, 9.17) is 10.6 Å². The first kappa shape index (κ1) is 18.5. The number of ether oxygens (including phenoxy) is 1. The van der Waals surface area contributed by atoms with E-state index in [0.29, 0.717) is 17.9 Å². The van der Waals surface area contributed by atoms with Gasteiger partial charge in [0, 0.05) is 32.2 Å². The summed E-state index contributed by atoms with van der Waals surface area (Å²) >= 11 is 0. The highest BCUT2D eigenvalue weighted by molar-refractivity contribution is 6.01. The Hall–Kier alpha value is -1.83. The van der Waals surface area contributed by atoms with E-state index in [1.807, 2.05) is 13.8 Å². The molecule has 0 saturated carbocycles. The lowest BCUT2D eigenvalue weighted by molar-refractivity contribution is 0.0377. The van der Waals surface area contributed by atoms with Gasteiger partial charge in [0.25, 0.3) is 0 Å². The molecular formula is C17H28N4O3. The van der Waals surface area contributed by atoms with Crippen molar-refractivity contribution in [2.75, 3.05) is 39.4 Å². The molecule has 1 aliphatic heterocycles. The van der Waals surface area contributed by atoms with Gasteiger partial charge in [0.15, 0.2) is 0 Å². The summed E-state index contributed by atoms with van der Waals surface area (Å²) in [5.41, 5.74) is 3.81. The van der Waals surface area contributed by atoms with Crippen LogP contribution in [-0.2, 0) is 4.74 Å². The molecule has 7 nitrogen and oxygen atoms in total. The van der Waals surface area contributed by atoms with Crippen molar-refractivity contribution in [1.29, 1.82) is 0 Å². The SMILES string of the molecule is CC(C)c1cc(C(=NCCCN2CCOCC2)NN)c(O)cc1O. The molecule has 0 bridgehead atoms. The van der Waals surface area contributed by atoms with Gasteiger partial charge in [-0.1, -0.05) is 13.8 Å². The van der Waals surface area contributed by atoms with Crippen molar-refractivity contribution >= 4 is 5.84 Å². The Morgan fingerprint density at radius 3 is 2.62 bits per heavy atom. The van der Waals surface area contributed by atoms with Crippen LogP contribution in [0.3, 0.4) is 0 Å². The van der Waals surface area contributed by atoms with Crippen LogP contribution in [0.25, 0.3) is 0 Å². The number of hydrogen-bond donors (Lipinski definition) is 4. The van der Waals surface area contributed by atoms with Gasteiger partial charge >= 0.3 is 0 Å². The Morgan fingerprint density at radius 1 is 1.29 bits per heavy atom. The molecule has 7 heteroatoms. The number of hydrazine groups is 1. The predicted molar refractivity (Wildman–Crippen MR) is 94.5 cm³/mol. The Morgan fingerprint density at radius 2 is 2.00 bits per heavy atom.